The van der Waals surface area contributed by atoms with E-state index in [0.717, 1.165) is 60.4 Å². The molecule has 0 N–H and O–H groups in total. The summed E-state index contributed by atoms with van der Waals surface area (Å²) in [6.45, 7) is 0. The molecule has 1 heterocycles. The van der Waals surface area contributed by atoms with Crippen molar-refractivity contribution in [3.05, 3.63) is 194 Å². The van der Waals surface area contributed by atoms with Crippen LogP contribution in [0.25, 0.3) is 110 Å². The van der Waals surface area contributed by atoms with Gasteiger partial charge in [0, 0.05) is 16.3 Å². The van der Waals surface area contributed by atoms with Crippen molar-refractivity contribution in [1.82, 2.24) is 0 Å². The number of furan rings is 1. The fourth-order valence-corrected chi connectivity index (χ4v) is 7.78. The van der Waals surface area contributed by atoms with E-state index in [2.05, 4.69) is 42.5 Å². The van der Waals surface area contributed by atoms with E-state index in [0.29, 0.717) is 10.9 Å². The standard InChI is InChI=1S/C52H32O/c1-2-13-34(14-3-1)50-43-17-6-8-19-45(43)51(46-20-9-7-18-44(46)50)39-27-25-35-30-37(26-24-36(35)31-39)42-22-11-23-47-48-32-38(28-29-49(48)53-52(42)47)41-21-10-15-33-12-4-5-16-40(33)41/h1-32H/i1D,2D,3D,6D,7D,8D,9D,13D,14D,17D,18D,19D,20D. The lowest BCUT2D eigenvalue weighted by Crippen LogP contribution is -1.90. The highest BCUT2D eigenvalue weighted by atomic mass is 16.3. The number of fused-ring (bicyclic) bond motifs is 7. The molecule has 0 fully saturated rings. The first-order valence-corrected chi connectivity index (χ1v) is 17.2. The van der Waals surface area contributed by atoms with Gasteiger partial charge in [-0.25, -0.2) is 0 Å². The molecule has 0 bridgehead atoms. The third-order valence-electron chi connectivity index (χ3n) is 10.2. The first-order chi connectivity index (χ1) is 31.7. The second-order valence-corrected chi connectivity index (χ2v) is 13.0. The molecular formula is C52H32O. The minimum Gasteiger partial charge on any atom is -0.455 e. The van der Waals surface area contributed by atoms with E-state index in [-0.39, 0.29) is 32.7 Å². The molecular weight excluding hydrogens is 641 g/mol. The third kappa shape index (κ3) is 4.71. The molecule has 0 saturated heterocycles. The Balaban J connectivity index is 1.13. The van der Waals surface area contributed by atoms with E-state index < -0.39 is 84.1 Å². The van der Waals surface area contributed by atoms with Crippen LogP contribution in [0.4, 0.5) is 0 Å². The maximum Gasteiger partial charge on any atom is 0.143 e. The third-order valence-corrected chi connectivity index (χ3v) is 10.2. The molecule has 1 aromatic heterocycles. The molecule has 1 nitrogen and oxygen atoms in total. The summed E-state index contributed by atoms with van der Waals surface area (Å²) >= 11 is 0. The smallest absolute Gasteiger partial charge is 0.143 e. The van der Waals surface area contributed by atoms with Crippen LogP contribution in [0.3, 0.4) is 0 Å². The highest BCUT2D eigenvalue weighted by molar-refractivity contribution is 6.22. The van der Waals surface area contributed by atoms with Gasteiger partial charge in [-0.1, -0.05) is 170 Å². The average molecular weight is 686 g/mol. The zero-order chi connectivity index (χ0) is 46.2. The second-order valence-electron chi connectivity index (χ2n) is 13.0. The van der Waals surface area contributed by atoms with E-state index in [9.17, 15) is 5.48 Å². The lowest BCUT2D eigenvalue weighted by Gasteiger charge is -2.18. The molecule has 0 spiro atoms. The van der Waals surface area contributed by atoms with E-state index in [4.69, 9.17) is 16.8 Å². The fraction of sp³-hybridized carbons (Fsp3) is 0. The molecule has 10 aromatic carbocycles. The highest BCUT2D eigenvalue weighted by Crippen LogP contribution is 2.45. The summed E-state index contributed by atoms with van der Waals surface area (Å²) in [7, 11) is 0. The second kappa shape index (κ2) is 11.8. The van der Waals surface area contributed by atoms with Crippen LogP contribution in [0.2, 0.25) is 0 Å². The molecule has 53 heavy (non-hydrogen) atoms. The Morgan fingerprint density at radius 1 is 0.340 bits per heavy atom. The summed E-state index contributed by atoms with van der Waals surface area (Å²) in [6.07, 6.45) is 0. The summed E-state index contributed by atoms with van der Waals surface area (Å²) in [5, 5.41) is 5.03. The minimum atomic E-state index is -0.713. The number of para-hydroxylation sites is 1. The predicted molar refractivity (Wildman–Crippen MR) is 225 cm³/mol. The predicted octanol–water partition coefficient (Wildman–Crippen LogP) is 14.9. The number of hydrogen-bond acceptors (Lipinski definition) is 1. The first-order valence-electron chi connectivity index (χ1n) is 23.7. The maximum absolute atomic E-state index is 9.29. The molecule has 246 valence electrons. The van der Waals surface area contributed by atoms with Gasteiger partial charge in [-0.3, -0.25) is 0 Å². The van der Waals surface area contributed by atoms with Gasteiger partial charge in [0.2, 0.25) is 0 Å². The Kier molecular flexibility index (Phi) is 4.36. The minimum absolute atomic E-state index is 0.0796. The van der Waals surface area contributed by atoms with Gasteiger partial charge in [-0.2, -0.15) is 0 Å². The van der Waals surface area contributed by atoms with Crippen LogP contribution in [0, 0.1) is 0 Å². The SMILES string of the molecule is [2H]c1c([2H])c([2H])c(-c2c3c([2H])c([2H])c([2H])c([2H])c3c(-c3ccc4cc(-c5cccc6c5oc5ccc(-c7cccc8ccccc78)cc56)ccc4c3)c3c([2H])c([2H])c([2H])c([2H])c23)c([2H])c1[2H]. The van der Waals surface area contributed by atoms with Gasteiger partial charge < -0.3 is 4.42 Å². The Morgan fingerprint density at radius 2 is 0.887 bits per heavy atom. The van der Waals surface area contributed by atoms with Crippen molar-refractivity contribution in [2.45, 2.75) is 0 Å². The zero-order valence-electron chi connectivity index (χ0n) is 40.9. The van der Waals surface area contributed by atoms with E-state index in [1.165, 1.54) is 0 Å². The van der Waals surface area contributed by atoms with Crippen molar-refractivity contribution in [2.75, 3.05) is 0 Å². The number of benzene rings is 10. The molecule has 0 atom stereocenters. The van der Waals surface area contributed by atoms with Gasteiger partial charge in [0.25, 0.3) is 0 Å². The zero-order valence-corrected chi connectivity index (χ0v) is 27.9. The van der Waals surface area contributed by atoms with Crippen molar-refractivity contribution in [2.24, 2.45) is 0 Å². The average Bonchev–Trinajstić information content (AvgIpc) is 3.72. The molecule has 0 saturated carbocycles. The lowest BCUT2D eigenvalue weighted by atomic mass is 9.85. The topological polar surface area (TPSA) is 13.1 Å². The van der Waals surface area contributed by atoms with E-state index in [1.54, 1.807) is 12.1 Å². The Labute approximate surface area is 325 Å². The Morgan fingerprint density at radius 3 is 1.64 bits per heavy atom. The lowest BCUT2D eigenvalue weighted by molar-refractivity contribution is 0.670. The van der Waals surface area contributed by atoms with Crippen LogP contribution in [0.1, 0.15) is 17.8 Å². The summed E-state index contributed by atoms with van der Waals surface area (Å²) in [5.41, 5.74) is 5.10. The summed E-state index contributed by atoms with van der Waals surface area (Å²) in [6, 6.07) is 29.8. The van der Waals surface area contributed by atoms with Gasteiger partial charge >= 0.3 is 0 Å². The summed E-state index contributed by atoms with van der Waals surface area (Å²) in [4.78, 5) is 0. The van der Waals surface area contributed by atoms with Crippen LogP contribution in [0.15, 0.2) is 198 Å². The Bertz CT molecular complexity index is 3870. The molecule has 0 aliphatic heterocycles. The van der Waals surface area contributed by atoms with E-state index in [1.807, 2.05) is 60.7 Å². The highest BCUT2D eigenvalue weighted by Gasteiger charge is 2.18. The molecule has 0 aliphatic carbocycles. The molecule has 0 unspecified atom stereocenters. The summed E-state index contributed by atoms with van der Waals surface area (Å²) in [5.74, 6) is 0. The molecule has 0 aliphatic rings. The first kappa shape index (κ1) is 19.6. The van der Waals surface area contributed by atoms with Crippen LogP contribution in [-0.2, 0) is 0 Å². The van der Waals surface area contributed by atoms with Crippen molar-refractivity contribution >= 4 is 65.0 Å². The fourth-order valence-electron chi connectivity index (χ4n) is 7.78. The van der Waals surface area contributed by atoms with Gasteiger partial charge in [-0.05, 0) is 106 Å². The van der Waals surface area contributed by atoms with Crippen molar-refractivity contribution in [3.63, 3.8) is 0 Å². The Hall–Kier alpha value is -6.96. The molecule has 1 heteroatoms. The molecule has 0 radical (unpaired) electrons. The van der Waals surface area contributed by atoms with Gasteiger partial charge in [0.15, 0.2) is 0 Å². The van der Waals surface area contributed by atoms with Gasteiger partial charge in [-0.15, -0.1) is 0 Å². The van der Waals surface area contributed by atoms with Crippen molar-refractivity contribution < 1.29 is 22.2 Å². The van der Waals surface area contributed by atoms with E-state index >= 15 is 0 Å². The number of hydrogen-bond donors (Lipinski definition) is 0. The summed E-state index contributed by atoms with van der Waals surface area (Å²) < 4.78 is 122. The molecule has 0 amide bonds. The number of rotatable bonds is 4. The van der Waals surface area contributed by atoms with Crippen LogP contribution < -0.4 is 0 Å². The van der Waals surface area contributed by atoms with Crippen LogP contribution in [-0.4, -0.2) is 0 Å². The maximum atomic E-state index is 9.29. The normalized spacial score (nSPS) is 15.2. The van der Waals surface area contributed by atoms with Gasteiger partial charge in [0.05, 0.1) is 17.8 Å². The molecule has 11 rings (SSSR count). The quantitative estimate of drug-likeness (QED) is 0.168. The van der Waals surface area contributed by atoms with Crippen LogP contribution >= 0.6 is 0 Å². The van der Waals surface area contributed by atoms with Gasteiger partial charge in [0.1, 0.15) is 11.2 Å². The monoisotopic (exact) mass is 685 g/mol. The van der Waals surface area contributed by atoms with Crippen LogP contribution in [0.5, 0.6) is 0 Å². The van der Waals surface area contributed by atoms with Crippen molar-refractivity contribution in [3.8, 4) is 44.5 Å². The molecule has 11 aromatic rings. The largest absolute Gasteiger partial charge is 0.455 e. The van der Waals surface area contributed by atoms with Crippen molar-refractivity contribution in [1.29, 1.82) is 0 Å².